The van der Waals surface area contributed by atoms with E-state index in [4.69, 9.17) is 4.74 Å². The predicted octanol–water partition coefficient (Wildman–Crippen LogP) is 3.25. The summed E-state index contributed by atoms with van der Waals surface area (Å²) >= 11 is 0. The van der Waals surface area contributed by atoms with Gasteiger partial charge in [0.15, 0.2) is 11.5 Å². The molecule has 0 aromatic heterocycles. The highest BCUT2D eigenvalue weighted by atomic mass is 16.5. The molecule has 2 atom stereocenters. The van der Waals surface area contributed by atoms with Gasteiger partial charge in [-0.25, -0.2) is 0 Å². The number of phenols is 1. The van der Waals surface area contributed by atoms with E-state index in [0.29, 0.717) is 17.7 Å². The van der Waals surface area contributed by atoms with Crippen LogP contribution in [-0.2, 0) is 0 Å². The summed E-state index contributed by atoms with van der Waals surface area (Å²) in [5.41, 5.74) is 0.922. The lowest BCUT2D eigenvalue weighted by atomic mass is 10.0. The molecule has 0 aliphatic heterocycles. The van der Waals surface area contributed by atoms with E-state index in [2.05, 4.69) is 26.1 Å². The van der Waals surface area contributed by atoms with Crippen LogP contribution < -0.4 is 10.1 Å². The molecule has 0 fully saturated rings. The summed E-state index contributed by atoms with van der Waals surface area (Å²) in [6, 6.07) is 5.76. The van der Waals surface area contributed by atoms with Crippen LogP contribution in [0, 0.1) is 5.92 Å². The van der Waals surface area contributed by atoms with Crippen LogP contribution in [0.25, 0.3) is 0 Å². The van der Waals surface area contributed by atoms with Crippen molar-refractivity contribution in [3.63, 3.8) is 0 Å². The standard InChI is InChI=1S/C13H21NO2/c1-5-9(2)10(3)14-11-6-7-13(16-4)12(15)8-11/h6-10,14-15H,5H2,1-4H3. The third-order valence-corrected chi connectivity index (χ3v) is 3.07. The maximum absolute atomic E-state index is 9.64. The van der Waals surface area contributed by atoms with Gasteiger partial charge in [0.25, 0.3) is 0 Å². The highest BCUT2D eigenvalue weighted by Crippen LogP contribution is 2.29. The first-order chi connectivity index (χ1) is 7.58. The fourth-order valence-corrected chi connectivity index (χ4v) is 1.54. The largest absolute Gasteiger partial charge is 0.504 e. The van der Waals surface area contributed by atoms with Gasteiger partial charge in [-0.15, -0.1) is 0 Å². The summed E-state index contributed by atoms with van der Waals surface area (Å²) in [6.45, 7) is 6.53. The number of nitrogens with one attached hydrogen (secondary N) is 1. The molecule has 3 heteroatoms. The van der Waals surface area contributed by atoms with Crippen LogP contribution in [-0.4, -0.2) is 18.3 Å². The minimum Gasteiger partial charge on any atom is -0.504 e. The lowest BCUT2D eigenvalue weighted by Crippen LogP contribution is -2.23. The summed E-state index contributed by atoms with van der Waals surface area (Å²) < 4.78 is 5.00. The first kappa shape index (κ1) is 12.7. The van der Waals surface area contributed by atoms with E-state index in [1.54, 1.807) is 19.2 Å². The number of methoxy groups -OCH3 is 1. The Morgan fingerprint density at radius 3 is 2.56 bits per heavy atom. The molecule has 3 nitrogen and oxygen atoms in total. The Morgan fingerprint density at radius 1 is 1.38 bits per heavy atom. The third-order valence-electron chi connectivity index (χ3n) is 3.07. The maximum atomic E-state index is 9.64. The highest BCUT2D eigenvalue weighted by Gasteiger charge is 2.10. The highest BCUT2D eigenvalue weighted by molar-refractivity contribution is 5.54. The minimum atomic E-state index is 0.170. The normalized spacial score (nSPS) is 14.2. The van der Waals surface area contributed by atoms with E-state index < -0.39 is 0 Å². The van der Waals surface area contributed by atoms with Gasteiger partial charge in [-0.3, -0.25) is 0 Å². The van der Waals surface area contributed by atoms with E-state index in [1.807, 2.05) is 6.07 Å². The Kier molecular flexibility index (Phi) is 4.47. The summed E-state index contributed by atoms with van der Waals surface area (Å²) in [4.78, 5) is 0. The van der Waals surface area contributed by atoms with Crippen LogP contribution in [0.1, 0.15) is 27.2 Å². The summed E-state index contributed by atoms with van der Waals surface area (Å²) in [5.74, 6) is 1.27. The van der Waals surface area contributed by atoms with Crippen LogP contribution >= 0.6 is 0 Å². The number of rotatable bonds is 5. The van der Waals surface area contributed by atoms with E-state index in [9.17, 15) is 5.11 Å². The van der Waals surface area contributed by atoms with Crippen molar-refractivity contribution in [3.05, 3.63) is 18.2 Å². The number of anilines is 1. The van der Waals surface area contributed by atoms with Gasteiger partial charge in [0.1, 0.15) is 0 Å². The third kappa shape index (κ3) is 3.05. The van der Waals surface area contributed by atoms with Gasteiger partial charge in [-0.2, -0.15) is 0 Å². The molecule has 0 saturated heterocycles. The zero-order chi connectivity index (χ0) is 12.1. The van der Waals surface area contributed by atoms with Crippen LogP contribution in [0.2, 0.25) is 0 Å². The van der Waals surface area contributed by atoms with Crippen molar-refractivity contribution < 1.29 is 9.84 Å². The molecule has 0 radical (unpaired) electrons. The first-order valence-electron chi connectivity index (χ1n) is 5.72. The van der Waals surface area contributed by atoms with Gasteiger partial charge in [0.05, 0.1) is 7.11 Å². The number of benzene rings is 1. The molecule has 1 aromatic carbocycles. The van der Waals surface area contributed by atoms with Crippen molar-refractivity contribution in [1.29, 1.82) is 0 Å². The van der Waals surface area contributed by atoms with Crippen LogP contribution in [0.4, 0.5) is 5.69 Å². The average molecular weight is 223 g/mol. The minimum absolute atomic E-state index is 0.170. The van der Waals surface area contributed by atoms with Crippen molar-refractivity contribution in [2.75, 3.05) is 12.4 Å². The van der Waals surface area contributed by atoms with Gasteiger partial charge in [-0.1, -0.05) is 20.3 Å². The van der Waals surface area contributed by atoms with E-state index in [0.717, 1.165) is 12.1 Å². The predicted molar refractivity (Wildman–Crippen MR) is 67.2 cm³/mol. The zero-order valence-corrected chi connectivity index (χ0v) is 10.4. The van der Waals surface area contributed by atoms with E-state index in [-0.39, 0.29) is 5.75 Å². The van der Waals surface area contributed by atoms with Crippen LogP contribution in [0.5, 0.6) is 11.5 Å². The molecule has 2 unspecified atom stereocenters. The molecule has 1 aromatic rings. The van der Waals surface area contributed by atoms with Crippen LogP contribution in [0.15, 0.2) is 18.2 Å². The SMILES string of the molecule is CCC(C)C(C)Nc1ccc(OC)c(O)c1. The molecule has 16 heavy (non-hydrogen) atoms. The Balaban J connectivity index is 2.71. The van der Waals surface area contributed by atoms with Crippen LogP contribution in [0.3, 0.4) is 0 Å². The fraction of sp³-hybridized carbons (Fsp3) is 0.538. The number of hydrogen-bond donors (Lipinski definition) is 2. The molecular formula is C13H21NO2. The second-order valence-electron chi connectivity index (χ2n) is 4.21. The molecule has 1 rings (SSSR count). The Labute approximate surface area is 97.4 Å². The zero-order valence-electron chi connectivity index (χ0n) is 10.4. The smallest absolute Gasteiger partial charge is 0.160 e. The van der Waals surface area contributed by atoms with E-state index >= 15 is 0 Å². The van der Waals surface area contributed by atoms with Crippen molar-refractivity contribution in [1.82, 2.24) is 0 Å². The molecule has 90 valence electrons. The van der Waals surface area contributed by atoms with Gasteiger partial charge in [0, 0.05) is 17.8 Å². The van der Waals surface area contributed by atoms with Crippen molar-refractivity contribution in [2.45, 2.75) is 33.2 Å². The van der Waals surface area contributed by atoms with Crippen molar-refractivity contribution in [3.8, 4) is 11.5 Å². The second kappa shape index (κ2) is 5.64. The molecule has 0 bridgehead atoms. The quantitative estimate of drug-likeness (QED) is 0.805. The lowest BCUT2D eigenvalue weighted by molar-refractivity contribution is 0.373. The van der Waals surface area contributed by atoms with Crippen molar-refractivity contribution >= 4 is 5.69 Å². The number of ether oxygens (including phenoxy) is 1. The Hall–Kier alpha value is -1.38. The van der Waals surface area contributed by atoms with Gasteiger partial charge < -0.3 is 15.2 Å². The monoisotopic (exact) mass is 223 g/mol. The number of aromatic hydroxyl groups is 1. The van der Waals surface area contributed by atoms with Gasteiger partial charge in [-0.05, 0) is 25.0 Å². The molecule has 0 amide bonds. The molecular weight excluding hydrogens is 202 g/mol. The Morgan fingerprint density at radius 2 is 2.06 bits per heavy atom. The van der Waals surface area contributed by atoms with Gasteiger partial charge >= 0.3 is 0 Å². The molecule has 2 N–H and O–H groups in total. The average Bonchev–Trinajstić information content (AvgIpc) is 2.28. The first-order valence-corrected chi connectivity index (χ1v) is 5.72. The number of phenolic OH excluding ortho intramolecular Hbond substituents is 1. The summed E-state index contributed by atoms with van der Waals surface area (Å²) in [5, 5.41) is 13.0. The fourth-order valence-electron chi connectivity index (χ4n) is 1.54. The summed E-state index contributed by atoms with van der Waals surface area (Å²) in [6.07, 6.45) is 1.14. The maximum Gasteiger partial charge on any atom is 0.160 e. The topological polar surface area (TPSA) is 41.5 Å². The van der Waals surface area contributed by atoms with Gasteiger partial charge in [0.2, 0.25) is 0 Å². The molecule has 0 heterocycles. The van der Waals surface area contributed by atoms with E-state index in [1.165, 1.54) is 0 Å². The Bertz CT molecular complexity index is 339. The van der Waals surface area contributed by atoms with Crippen molar-refractivity contribution in [2.24, 2.45) is 5.92 Å². The summed E-state index contributed by atoms with van der Waals surface area (Å²) in [7, 11) is 1.55. The lowest BCUT2D eigenvalue weighted by Gasteiger charge is -2.21. The second-order valence-corrected chi connectivity index (χ2v) is 4.21. The number of hydrogen-bond acceptors (Lipinski definition) is 3. The molecule has 0 aliphatic carbocycles. The molecule has 0 spiro atoms. The molecule has 0 aliphatic rings. The molecule has 0 saturated carbocycles.